The Morgan fingerprint density at radius 1 is 1.14 bits per heavy atom. The maximum atomic E-state index is 12.7. The maximum Gasteiger partial charge on any atom is 0.287 e. The topological polar surface area (TPSA) is 64.4 Å². The molecule has 0 bridgehead atoms. The van der Waals surface area contributed by atoms with E-state index >= 15 is 0 Å². The molecule has 0 radical (unpaired) electrons. The van der Waals surface area contributed by atoms with Crippen molar-refractivity contribution in [2.45, 2.75) is 27.3 Å². The molecular formula is C23H22N2O3S. The highest BCUT2D eigenvalue weighted by atomic mass is 32.1. The number of ether oxygens (including phenoxy) is 1. The average molecular weight is 407 g/mol. The van der Waals surface area contributed by atoms with Crippen molar-refractivity contribution in [3.63, 3.8) is 0 Å². The van der Waals surface area contributed by atoms with E-state index in [2.05, 4.69) is 23.3 Å². The van der Waals surface area contributed by atoms with Gasteiger partial charge in [0.1, 0.15) is 16.3 Å². The summed E-state index contributed by atoms with van der Waals surface area (Å²) in [6, 6.07) is 11.8. The highest BCUT2D eigenvalue weighted by molar-refractivity contribution is 7.13. The number of nitrogens with zero attached hydrogens (tertiary/aromatic N) is 1. The summed E-state index contributed by atoms with van der Waals surface area (Å²) in [6.45, 7) is 6.36. The largest absolute Gasteiger partial charge is 0.497 e. The fourth-order valence-electron chi connectivity index (χ4n) is 3.20. The average Bonchev–Trinajstić information content (AvgIpc) is 3.32. The molecule has 0 aliphatic rings. The van der Waals surface area contributed by atoms with Gasteiger partial charge in [-0.25, -0.2) is 4.98 Å². The van der Waals surface area contributed by atoms with E-state index in [-0.39, 0.29) is 5.91 Å². The first kappa shape index (κ1) is 19.2. The number of aromatic nitrogens is 1. The van der Waals surface area contributed by atoms with E-state index < -0.39 is 0 Å². The molecule has 2 aromatic heterocycles. The van der Waals surface area contributed by atoms with Crippen molar-refractivity contribution in [3.8, 4) is 16.3 Å². The number of aryl methyl sites for hydroxylation is 3. The van der Waals surface area contributed by atoms with E-state index in [0.29, 0.717) is 12.3 Å². The minimum absolute atomic E-state index is 0.229. The van der Waals surface area contributed by atoms with Gasteiger partial charge < -0.3 is 14.5 Å². The summed E-state index contributed by atoms with van der Waals surface area (Å²) < 4.78 is 11.0. The van der Waals surface area contributed by atoms with E-state index in [1.807, 2.05) is 49.6 Å². The van der Waals surface area contributed by atoms with Crippen LogP contribution in [0.25, 0.3) is 21.5 Å². The van der Waals surface area contributed by atoms with Crippen molar-refractivity contribution in [1.29, 1.82) is 0 Å². The Hall–Kier alpha value is -3.12. The van der Waals surface area contributed by atoms with Crippen LogP contribution in [0.3, 0.4) is 0 Å². The van der Waals surface area contributed by atoms with Crippen LogP contribution in [-0.4, -0.2) is 18.0 Å². The second-order valence-electron chi connectivity index (χ2n) is 7.04. The van der Waals surface area contributed by atoms with E-state index in [1.54, 1.807) is 18.4 Å². The lowest BCUT2D eigenvalue weighted by molar-refractivity contribution is 0.0924. The molecule has 0 fully saturated rings. The van der Waals surface area contributed by atoms with Gasteiger partial charge in [0.2, 0.25) is 0 Å². The van der Waals surface area contributed by atoms with Gasteiger partial charge >= 0.3 is 0 Å². The normalized spacial score (nSPS) is 11.0. The molecule has 0 aliphatic carbocycles. The number of thiazole rings is 1. The summed E-state index contributed by atoms with van der Waals surface area (Å²) in [7, 11) is 1.64. The number of hydrogen-bond acceptors (Lipinski definition) is 5. The second kappa shape index (κ2) is 7.72. The zero-order valence-corrected chi connectivity index (χ0v) is 17.6. The smallest absolute Gasteiger partial charge is 0.287 e. The Morgan fingerprint density at radius 3 is 2.59 bits per heavy atom. The number of nitrogens with one attached hydrogen (secondary N) is 1. The number of rotatable bonds is 5. The van der Waals surface area contributed by atoms with Gasteiger partial charge in [-0.3, -0.25) is 4.79 Å². The highest BCUT2D eigenvalue weighted by Gasteiger charge is 2.18. The van der Waals surface area contributed by atoms with E-state index in [4.69, 9.17) is 9.15 Å². The van der Waals surface area contributed by atoms with Gasteiger partial charge in [0.15, 0.2) is 5.76 Å². The number of benzene rings is 2. The summed E-state index contributed by atoms with van der Waals surface area (Å²) in [5.41, 5.74) is 5.76. The van der Waals surface area contributed by atoms with Crippen LogP contribution in [0.4, 0.5) is 0 Å². The number of amides is 1. The number of carbonyl (C=O) groups excluding carboxylic acids is 1. The number of methoxy groups -OCH3 is 1. The van der Waals surface area contributed by atoms with Gasteiger partial charge in [0, 0.05) is 21.9 Å². The van der Waals surface area contributed by atoms with Crippen molar-refractivity contribution in [2.75, 3.05) is 7.11 Å². The molecule has 2 aromatic carbocycles. The first-order valence-electron chi connectivity index (χ1n) is 9.33. The van der Waals surface area contributed by atoms with Gasteiger partial charge in [-0.2, -0.15) is 0 Å². The van der Waals surface area contributed by atoms with Crippen LogP contribution in [0.2, 0.25) is 0 Å². The quantitative estimate of drug-likeness (QED) is 0.481. The van der Waals surface area contributed by atoms with Crippen LogP contribution in [-0.2, 0) is 6.54 Å². The molecule has 1 N–H and O–H groups in total. The van der Waals surface area contributed by atoms with Crippen LogP contribution >= 0.6 is 11.3 Å². The summed E-state index contributed by atoms with van der Waals surface area (Å²) in [5.74, 6) is 0.938. The molecule has 29 heavy (non-hydrogen) atoms. The van der Waals surface area contributed by atoms with E-state index in [0.717, 1.165) is 44.1 Å². The molecule has 0 unspecified atom stereocenters. The molecule has 4 rings (SSSR count). The summed E-state index contributed by atoms with van der Waals surface area (Å²) in [6.07, 6.45) is 0. The molecule has 0 spiro atoms. The zero-order chi connectivity index (χ0) is 20.5. The second-order valence-corrected chi connectivity index (χ2v) is 7.90. The lowest BCUT2D eigenvalue weighted by Crippen LogP contribution is -2.23. The Morgan fingerprint density at radius 2 is 1.86 bits per heavy atom. The minimum atomic E-state index is -0.229. The molecule has 0 saturated carbocycles. The van der Waals surface area contributed by atoms with Crippen molar-refractivity contribution < 1.29 is 13.9 Å². The third-order valence-electron chi connectivity index (χ3n) is 5.08. The van der Waals surface area contributed by atoms with Crippen molar-refractivity contribution in [1.82, 2.24) is 10.3 Å². The predicted octanol–water partition coefficient (Wildman–Crippen LogP) is 5.42. The molecule has 0 atom stereocenters. The summed E-state index contributed by atoms with van der Waals surface area (Å²) in [4.78, 5) is 17.3. The highest BCUT2D eigenvalue weighted by Crippen LogP contribution is 2.28. The van der Waals surface area contributed by atoms with Gasteiger partial charge in [-0.1, -0.05) is 0 Å². The minimum Gasteiger partial charge on any atom is -0.497 e. The van der Waals surface area contributed by atoms with Gasteiger partial charge in [0.25, 0.3) is 5.91 Å². The Labute approximate surface area is 173 Å². The molecule has 0 aliphatic heterocycles. The molecule has 6 heteroatoms. The molecule has 2 heterocycles. The lowest BCUT2D eigenvalue weighted by Gasteiger charge is -2.02. The Balaban J connectivity index is 1.48. The molecule has 0 saturated heterocycles. The lowest BCUT2D eigenvalue weighted by atomic mass is 10.1. The van der Waals surface area contributed by atoms with Gasteiger partial charge in [-0.15, -0.1) is 11.3 Å². The van der Waals surface area contributed by atoms with Gasteiger partial charge in [0.05, 0.1) is 19.3 Å². The standard InChI is InChI=1S/C23H22N2O3S/c1-13-9-19-15(3)21(28-20(19)10-14(13)2)22(26)24-11-17-12-29-23(25-17)16-5-7-18(27-4)8-6-16/h5-10,12H,11H2,1-4H3,(H,24,26). The SMILES string of the molecule is COc1ccc(-c2nc(CNC(=O)c3oc4cc(C)c(C)cc4c3C)cs2)cc1. The number of furan rings is 1. The van der Waals surface area contributed by atoms with Crippen molar-refractivity contribution in [3.05, 3.63) is 69.9 Å². The monoisotopic (exact) mass is 406 g/mol. The first-order valence-corrected chi connectivity index (χ1v) is 10.2. The third kappa shape index (κ3) is 3.76. The van der Waals surface area contributed by atoms with E-state index in [9.17, 15) is 4.79 Å². The molecular weight excluding hydrogens is 384 g/mol. The zero-order valence-electron chi connectivity index (χ0n) is 16.8. The fraction of sp³-hybridized carbons (Fsp3) is 0.217. The van der Waals surface area contributed by atoms with Crippen molar-refractivity contribution >= 4 is 28.2 Å². The van der Waals surface area contributed by atoms with Gasteiger partial charge in [-0.05, 0) is 68.3 Å². The number of fused-ring (bicyclic) bond motifs is 1. The predicted molar refractivity (Wildman–Crippen MR) is 116 cm³/mol. The summed E-state index contributed by atoms with van der Waals surface area (Å²) in [5, 5.41) is 6.76. The third-order valence-corrected chi connectivity index (χ3v) is 6.02. The Kier molecular flexibility index (Phi) is 5.11. The van der Waals surface area contributed by atoms with Crippen LogP contribution < -0.4 is 10.1 Å². The molecule has 1 amide bonds. The van der Waals surface area contributed by atoms with Crippen LogP contribution in [0.1, 0.15) is 32.9 Å². The number of hydrogen-bond donors (Lipinski definition) is 1. The van der Waals surface area contributed by atoms with Crippen LogP contribution in [0, 0.1) is 20.8 Å². The molecule has 4 aromatic rings. The Bertz CT molecular complexity index is 1190. The summed E-state index contributed by atoms with van der Waals surface area (Å²) >= 11 is 1.55. The molecule has 5 nitrogen and oxygen atoms in total. The fourth-order valence-corrected chi connectivity index (χ4v) is 4.02. The van der Waals surface area contributed by atoms with Crippen LogP contribution in [0.15, 0.2) is 46.2 Å². The maximum absolute atomic E-state index is 12.7. The first-order chi connectivity index (χ1) is 14.0. The van der Waals surface area contributed by atoms with E-state index in [1.165, 1.54) is 5.56 Å². The van der Waals surface area contributed by atoms with Crippen molar-refractivity contribution in [2.24, 2.45) is 0 Å². The van der Waals surface area contributed by atoms with Crippen LogP contribution in [0.5, 0.6) is 5.75 Å². The molecule has 148 valence electrons. The number of carbonyl (C=O) groups is 1.